The van der Waals surface area contributed by atoms with Gasteiger partial charge in [-0.1, -0.05) is 101 Å². The van der Waals surface area contributed by atoms with Crippen LogP contribution >= 0.6 is 0 Å². The number of hydrogen-bond donors (Lipinski definition) is 0. The first-order chi connectivity index (χ1) is 17.0. The van der Waals surface area contributed by atoms with Crippen LogP contribution in [0.25, 0.3) is 11.5 Å². The van der Waals surface area contributed by atoms with Crippen LogP contribution in [0.15, 0.2) is 66.3 Å². The van der Waals surface area contributed by atoms with Crippen molar-refractivity contribution in [2.45, 2.75) is 96.8 Å². The van der Waals surface area contributed by atoms with Crippen LogP contribution in [0.5, 0.6) is 0 Å². The summed E-state index contributed by atoms with van der Waals surface area (Å²) in [5.74, 6) is 9.10. The summed E-state index contributed by atoms with van der Waals surface area (Å²) in [7, 11) is -2.09. The predicted molar refractivity (Wildman–Crippen MR) is 165 cm³/mol. The first kappa shape index (κ1) is 28.4. The smallest absolute Gasteiger partial charge is 0.215 e. The lowest BCUT2D eigenvalue weighted by Crippen LogP contribution is -2.19. The lowest BCUT2D eigenvalue weighted by molar-refractivity contribution is -0.347. The minimum atomic E-state index is -1.05. The summed E-state index contributed by atoms with van der Waals surface area (Å²) in [5.41, 5.74) is 8.27. The Hall–Kier alpha value is -2.18. The van der Waals surface area contributed by atoms with Gasteiger partial charge in [0.15, 0.2) is 0 Å². The van der Waals surface area contributed by atoms with Crippen molar-refractivity contribution in [3.05, 3.63) is 94.4 Å². The first-order valence-corrected chi connectivity index (χ1v) is 21.4. The number of allylic oxidation sites excluding steroid dienone is 3. The molecule has 2 aromatic rings. The second-order valence-electron chi connectivity index (χ2n) is 12.9. The van der Waals surface area contributed by atoms with E-state index in [1.54, 1.807) is 4.68 Å². The zero-order valence-corrected chi connectivity index (χ0v) is 25.9. The molecule has 4 heteroatoms. The summed E-state index contributed by atoms with van der Waals surface area (Å²) in [6.07, 6.45) is 11.6. The van der Waals surface area contributed by atoms with Crippen molar-refractivity contribution >= 4 is 27.6 Å². The van der Waals surface area contributed by atoms with Crippen LogP contribution < -0.4 is 0 Å². The zero-order valence-electron chi connectivity index (χ0n) is 23.9. The molecular weight excluding hydrogens is 469 g/mol. The van der Waals surface area contributed by atoms with E-state index in [0.717, 1.165) is 41.8 Å². The van der Waals surface area contributed by atoms with E-state index in [1.807, 2.05) is 0 Å². The van der Waals surface area contributed by atoms with Crippen molar-refractivity contribution < 1.29 is 4.68 Å². The maximum atomic E-state index is 9.10. The third-order valence-electron chi connectivity index (χ3n) is 7.01. The average Bonchev–Trinajstić information content (AvgIpc) is 3.15. The average molecular weight is 517 g/mol. The molecule has 36 heavy (non-hydrogen) atoms. The van der Waals surface area contributed by atoms with Gasteiger partial charge in [-0.3, -0.25) is 0 Å². The van der Waals surface area contributed by atoms with Gasteiger partial charge in [0.2, 0.25) is 11.4 Å². The molecule has 1 N–H and O–H groups in total. The van der Waals surface area contributed by atoms with Crippen molar-refractivity contribution in [2.75, 3.05) is 0 Å². The number of aryl methyl sites for hydroxylation is 2. The van der Waals surface area contributed by atoms with Crippen LogP contribution in [0.4, 0.5) is 0 Å². The Morgan fingerprint density at radius 1 is 0.722 bits per heavy atom. The van der Waals surface area contributed by atoms with Gasteiger partial charge in [0, 0.05) is 38.9 Å². The maximum Gasteiger partial charge on any atom is 0.215 e. The van der Waals surface area contributed by atoms with E-state index < -0.39 is 16.1 Å². The van der Waals surface area contributed by atoms with Gasteiger partial charge in [-0.15, -0.1) is 0 Å². The molecule has 0 fully saturated rings. The Morgan fingerprint density at radius 3 is 1.69 bits per heavy atom. The Balaban J connectivity index is 1.87. The van der Waals surface area contributed by atoms with Gasteiger partial charge in [-0.25, -0.2) is 4.68 Å². The van der Waals surface area contributed by atoms with Crippen LogP contribution in [-0.2, 0) is 12.8 Å². The minimum absolute atomic E-state index is 0.978. The van der Waals surface area contributed by atoms with E-state index in [1.165, 1.54) is 48.1 Å². The van der Waals surface area contributed by atoms with Crippen LogP contribution in [0.1, 0.15) is 54.9 Å². The summed E-state index contributed by atoms with van der Waals surface area (Å²) >= 11 is 0. The summed E-state index contributed by atoms with van der Waals surface area (Å²) < 4.78 is 1.67. The predicted octanol–water partition coefficient (Wildman–Crippen LogP) is 9.78. The third-order valence-corrected chi connectivity index (χ3v) is 10.5. The lowest BCUT2D eigenvalue weighted by atomic mass is 9.99. The molecule has 0 aliphatic carbocycles. The highest BCUT2D eigenvalue weighted by Gasteiger charge is 2.28. The molecule has 1 aliphatic heterocycles. The topological polar surface area (TPSA) is 26.8 Å². The summed E-state index contributed by atoms with van der Waals surface area (Å²) in [4.78, 5) is 0. The third kappa shape index (κ3) is 8.45. The summed E-state index contributed by atoms with van der Waals surface area (Å²) in [6, 6.07) is 20.6. The van der Waals surface area contributed by atoms with Gasteiger partial charge >= 0.3 is 0 Å². The van der Waals surface area contributed by atoms with Crippen LogP contribution in [0, 0.1) is 0 Å². The molecule has 1 aliphatic rings. The van der Waals surface area contributed by atoms with Gasteiger partial charge in [-0.2, -0.15) is 0 Å². The fourth-order valence-corrected chi connectivity index (χ4v) is 6.63. The molecule has 0 unspecified atom stereocenters. The van der Waals surface area contributed by atoms with E-state index in [2.05, 4.69) is 107 Å². The van der Waals surface area contributed by atoms with Gasteiger partial charge in [0.1, 0.15) is 0 Å². The molecule has 0 saturated carbocycles. The van der Waals surface area contributed by atoms with E-state index in [4.69, 9.17) is 5.84 Å². The van der Waals surface area contributed by atoms with E-state index in [9.17, 15) is 0 Å². The molecule has 0 spiro atoms. The fraction of sp³-hybridized carbons (Fsp3) is 0.469. The van der Waals surface area contributed by atoms with Crippen molar-refractivity contribution in [1.29, 1.82) is 0 Å². The van der Waals surface area contributed by atoms with Crippen molar-refractivity contribution in [2.24, 2.45) is 0 Å². The monoisotopic (exact) mass is 516 g/mol. The lowest BCUT2D eigenvalue weighted by Gasteiger charge is -2.15. The Labute approximate surface area is 223 Å². The van der Waals surface area contributed by atoms with Gasteiger partial charge < -0.3 is 5.84 Å². The Kier molecular flexibility index (Phi) is 9.76. The molecule has 2 aromatic carbocycles. The quantitative estimate of drug-likeness (QED) is 0.152. The zero-order chi connectivity index (χ0) is 26.3. The second kappa shape index (κ2) is 12.4. The molecule has 2 nitrogen and oxygen atoms in total. The van der Waals surface area contributed by atoms with Crippen molar-refractivity contribution in [3.63, 3.8) is 0 Å². The fourth-order valence-electron chi connectivity index (χ4n) is 4.56. The molecule has 1 heterocycles. The minimum Gasteiger partial charge on any atom is -0.448 e. The normalized spacial score (nSPS) is 15.6. The largest absolute Gasteiger partial charge is 0.448 e. The first-order valence-electron chi connectivity index (χ1n) is 14.0. The molecule has 0 radical (unpaired) electrons. The highest BCUT2D eigenvalue weighted by Crippen LogP contribution is 2.30. The number of benzene rings is 2. The SMILES string of the molecule is CCCCCC=C1C=C(c2ccc(CC[Si](C)(C)C)cc2)[N+]([NH-])=C1c1ccc(CC[Si](C)(C)C)cc1. The highest BCUT2D eigenvalue weighted by atomic mass is 28.3. The number of nitrogens with one attached hydrogen (secondary N) is 1. The maximum absolute atomic E-state index is 9.10. The van der Waals surface area contributed by atoms with E-state index >= 15 is 0 Å². The number of nitrogens with zero attached hydrogens (tertiary/aromatic N) is 1. The number of hydrogen-bond acceptors (Lipinski definition) is 0. The molecule has 3 rings (SSSR count). The van der Waals surface area contributed by atoms with Gasteiger partial charge in [-0.05, 0) is 61.1 Å². The molecule has 0 amide bonds. The van der Waals surface area contributed by atoms with Gasteiger partial charge in [0.05, 0.1) is 0 Å². The van der Waals surface area contributed by atoms with E-state index in [0.29, 0.717) is 0 Å². The van der Waals surface area contributed by atoms with Gasteiger partial charge in [0.25, 0.3) is 0 Å². The molecule has 194 valence electrons. The molecule has 0 bridgehead atoms. The van der Waals surface area contributed by atoms with Crippen molar-refractivity contribution in [3.8, 4) is 0 Å². The molecule has 0 atom stereocenters. The second-order valence-corrected chi connectivity index (χ2v) is 24.1. The van der Waals surface area contributed by atoms with Crippen LogP contribution in [0.2, 0.25) is 51.4 Å². The molecule has 0 saturated heterocycles. The number of unbranched alkanes of at least 4 members (excludes halogenated alkanes) is 3. The van der Waals surface area contributed by atoms with Crippen LogP contribution in [-0.4, -0.2) is 26.5 Å². The Bertz CT molecular complexity index is 1090. The Morgan fingerprint density at radius 2 is 1.22 bits per heavy atom. The van der Waals surface area contributed by atoms with Crippen molar-refractivity contribution in [1.82, 2.24) is 0 Å². The molecular formula is C32H48N2Si2. The summed E-state index contributed by atoms with van der Waals surface area (Å²) in [6.45, 7) is 16.9. The number of rotatable bonds is 12. The highest BCUT2D eigenvalue weighted by molar-refractivity contribution is 6.76. The van der Waals surface area contributed by atoms with Crippen LogP contribution in [0.3, 0.4) is 0 Å². The molecule has 0 aromatic heterocycles. The summed E-state index contributed by atoms with van der Waals surface area (Å²) in [5, 5.41) is 0. The standard InChI is InChI=1S/C32H48N2Si2/c1-8-9-10-11-12-30-25-31(28-17-13-26(14-18-28)21-23-35(2,3)4)34(33)32(30)29-19-15-27(16-20-29)22-24-36(5,6)7/h12-20,25,33H,8-11,21-24H2,1-7H3. The van der Waals surface area contributed by atoms with E-state index in [-0.39, 0.29) is 0 Å².